The zero-order chi connectivity index (χ0) is 13.3. The van der Waals surface area contributed by atoms with Gasteiger partial charge in [0.05, 0.1) is 5.92 Å². The summed E-state index contributed by atoms with van der Waals surface area (Å²) in [4.78, 5) is 24.0. The Morgan fingerprint density at radius 2 is 2.11 bits per heavy atom. The van der Waals surface area contributed by atoms with Gasteiger partial charge in [-0.05, 0) is 11.6 Å². The van der Waals surface area contributed by atoms with Crippen LogP contribution >= 0.6 is 0 Å². The molecule has 2 N–H and O–H groups in total. The van der Waals surface area contributed by atoms with E-state index in [1.807, 2.05) is 24.3 Å². The van der Waals surface area contributed by atoms with Gasteiger partial charge in [0, 0.05) is 22.0 Å². The number of rotatable bonds is 4. The van der Waals surface area contributed by atoms with Crippen LogP contribution in [0.4, 0.5) is 0 Å². The maximum Gasteiger partial charge on any atom is 0.379 e. The number of fused-ring (bicyclic) bond motifs is 1. The van der Waals surface area contributed by atoms with Crippen molar-refractivity contribution >= 4 is 16.9 Å². The molecule has 0 saturated carbocycles. The van der Waals surface area contributed by atoms with E-state index in [1.54, 1.807) is 13.1 Å². The molecular formula is C12H12N2O4. The minimum atomic E-state index is -1.63. The molecule has 0 spiro atoms. The fourth-order valence-electron chi connectivity index (χ4n) is 2.13. The number of aromatic amines is 1. The second-order valence-corrected chi connectivity index (χ2v) is 4.15. The average molecular weight is 248 g/mol. The monoisotopic (exact) mass is 248 g/mol. The second kappa shape index (κ2) is 4.48. The number of aliphatic carboxylic acids is 1. The summed E-state index contributed by atoms with van der Waals surface area (Å²) in [6.45, 7) is 1.55. The van der Waals surface area contributed by atoms with Crippen LogP contribution < -0.4 is 0 Å². The van der Waals surface area contributed by atoms with Gasteiger partial charge >= 0.3 is 12.0 Å². The standard InChI is InChI=1S/C12H12N2O4/c1-7(11(12(15)16)14(17)18)9-6-13-10-5-3-2-4-8(9)10/h2-7,11,13H,1H3,(H,15,16). The fourth-order valence-corrected chi connectivity index (χ4v) is 2.13. The number of H-pyrrole nitrogens is 1. The minimum absolute atomic E-state index is 0.648. The summed E-state index contributed by atoms with van der Waals surface area (Å²) in [6.07, 6.45) is 1.63. The number of hydrogen-bond donors (Lipinski definition) is 2. The SMILES string of the molecule is CC(c1c[nH]c2ccccc12)C(C(=O)O)[N+](=O)[O-]. The maximum absolute atomic E-state index is 11.0. The lowest BCUT2D eigenvalue weighted by molar-refractivity contribution is -0.513. The van der Waals surface area contributed by atoms with Crippen LogP contribution in [0.1, 0.15) is 18.4 Å². The molecular weight excluding hydrogens is 236 g/mol. The number of para-hydroxylation sites is 1. The van der Waals surface area contributed by atoms with Gasteiger partial charge in [-0.2, -0.15) is 0 Å². The highest BCUT2D eigenvalue weighted by atomic mass is 16.6. The Balaban J connectivity index is 2.47. The predicted octanol–water partition coefficient (Wildman–Crippen LogP) is 2.00. The Morgan fingerprint density at radius 3 is 2.72 bits per heavy atom. The molecule has 0 amide bonds. The number of carboxylic acids is 1. The Kier molecular flexibility index (Phi) is 3.01. The quantitative estimate of drug-likeness (QED) is 0.638. The summed E-state index contributed by atoms with van der Waals surface area (Å²) in [5.41, 5.74) is 1.49. The Hall–Kier alpha value is -2.37. The van der Waals surface area contributed by atoms with Gasteiger partial charge < -0.3 is 10.1 Å². The van der Waals surface area contributed by atoms with Gasteiger partial charge in [0.25, 0.3) is 0 Å². The smallest absolute Gasteiger partial charge is 0.379 e. The number of nitro groups is 1. The van der Waals surface area contributed by atoms with Gasteiger partial charge in [-0.1, -0.05) is 25.1 Å². The first-order valence-electron chi connectivity index (χ1n) is 5.44. The summed E-state index contributed by atoms with van der Waals surface area (Å²) in [6, 6.07) is 5.68. The molecule has 1 aromatic heterocycles. The minimum Gasteiger partial charge on any atom is -0.476 e. The van der Waals surface area contributed by atoms with E-state index in [2.05, 4.69) is 4.98 Å². The van der Waals surface area contributed by atoms with Crippen molar-refractivity contribution < 1.29 is 14.8 Å². The third-order valence-corrected chi connectivity index (χ3v) is 3.07. The summed E-state index contributed by atoms with van der Waals surface area (Å²) in [7, 11) is 0. The Morgan fingerprint density at radius 1 is 1.44 bits per heavy atom. The molecule has 2 atom stereocenters. The zero-order valence-electron chi connectivity index (χ0n) is 9.66. The molecule has 0 aliphatic carbocycles. The van der Waals surface area contributed by atoms with Crippen molar-refractivity contribution in [2.45, 2.75) is 18.9 Å². The molecule has 18 heavy (non-hydrogen) atoms. The van der Waals surface area contributed by atoms with E-state index in [-0.39, 0.29) is 0 Å². The van der Waals surface area contributed by atoms with Crippen LogP contribution in [0.25, 0.3) is 10.9 Å². The molecule has 0 saturated heterocycles. The largest absolute Gasteiger partial charge is 0.476 e. The van der Waals surface area contributed by atoms with E-state index in [9.17, 15) is 14.9 Å². The molecule has 0 aliphatic rings. The van der Waals surface area contributed by atoms with Crippen LogP contribution in [0.3, 0.4) is 0 Å². The molecule has 0 bridgehead atoms. The van der Waals surface area contributed by atoms with Crippen molar-refractivity contribution in [3.63, 3.8) is 0 Å². The normalized spacial score (nSPS) is 14.3. The molecule has 6 nitrogen and oxygen atoms in total. The van der Waals surface area contributed by atoms with Crippen molar-refractivity contribution in [3.8, 4) is 0 Å². The highest BCUT2D eigenvalue weighted by Gasteiger charge is 2.37. The number of nitrogens with one attached hydrogen (secondary N) is 1. The van der Waals surface area contributed by atoms with Crippen LogP contribution in [0.15, 0.2) is 30.5 Å². The van der Waals surface area contributed by atoms with E-state index < -0.39 is 22.9 Å². The van der Waals surface area contributed by atoms with Crippen molar-refractivity contribution in [2.24, 2.45) is 0 Å². The first kappa shape index (κ1) is 12.1. The summed E-state index contributed by atoms with van der Waals surface area (Å²) < 4.78 is 0. The van der Waals surface area contributed by atoms with Crippen LogP contribution in [0.5, 0.6) is 0 Å². The number of carboxylic acid groups (broad SMARTS) is 1. The van der Waals surface area contributed by atoms with E-state index in [4.69, 9.17) is 5.11 Å². The van der Waals surface area contributed by atoms with Crippen molar-refractivity contribution in [1.82, 2.24) is 4.98 Å². The Labute approximate surface area is 102 Å². The van der Waals surface area contributed by atoms with Crippen LogP contribution in [-0.2, 0) is 4.79 Å². The van der Waals surface area contributed by atoms with Crippen molar-refractivity contribution in [2.75, 3.05) is 0 Å². The van der Waals surface area contributed by atoms with Gasteiger partial charge in [-0.15, -0.1) is 0 Å². The first-order valence-corrected chi connectivity index (χ1v) is 5.44. The molecule has 1 heterocycles. The van der Waals surface area contributed by atoms with Crippen LogP contribution in [0.2, 0.25) is 0 Å². The van der Waals surface area contributed by atoms with Gasteiger partial charge in [-0.25, -0.2) is 4.79 Å². The van der Waals surface area contributed by atoms with Crippen LogP contribution in [0, 0.1) is 10.1 Å². The van der Waals surface area contributed by atoms with Gasteiger partial charge in [-0.3, -0.25) is 10.1 Å². The molecule has 2 unspecified atom stereocenters. The third-order valence-electron chi connectivity index (χ3n) is 3.07. The van der Waals surface area contributed by atoms with Gasteiger partial charge in [0.1, 0.15) is 0 Å². The molecule has 0 fully saturated rings. The van der Waals surface area contributed by atoms with Gasteiger partial charge in [0.2, 0.25) is 0 Å². The predicted molar refractivity (Wildman–Crippen MR) is 65.1 cm³/mol. The highest BCUT2D eigenvalue weighted by Crippen LogP contribution is 2.28. The van der Waals surface area contributed by atoms with E-state index in [0.717, 1.165) is 10.9 Å². The molecule has 2 aromatic rings. The zero-order valence-corrected chi connectivity index (χ0v) is 9.66. The van der Waals surface area contributed by atoms with E-state index >= 15 is 0 Å². The first-order chi connectivity index (χ1) is 8.52. The molecule has 6 heteroatoms. The maximum atomic E-state index is 11.0. The average Bonchev–Trinajstić information content (AvgIpc) is 2.71. The summed E-state index contributed by atoms with van der Waals surface area (Å²) in [5, 5.41) is 20.6. The fraction of sp³-hybridized carbons (Fsp3) is 0.250. The molecule has 2 rings (SSSR count). The number of benzene rings is 1. The Bertz CT molecular complexity index is 591. The van der Waals surface area contributed by atoms with Crippen molar-refractivity contribution in [3.05, 3.63) is 46.1 Å². The molecule has 94 valence electrons. The lowest BCUT2D eigenvalue weighted by Crippen LogP contribution is -2.34. The van der Waals surface area contributed by atoms with Crippen molar-refractivity contribution in [1.29, 1.82) is 0 Å². The number of nitrogens with zero attached hydrogens (tertiary/aromatic N) is 1. The molecule has 0 radical (unpaired) electrons. The molecule has 1 aromatic carbocycles. The lowest BCUT2D eigenvalue weighted by atomic mass is 9.93. The summed E-state index contributed by atoms with van der Waals surface area (Å²) >= 11 is 0. The van der Waals surface area contributed by atoms with E-state index in [1.165, 1.54) is 0 Å². The number of carbonyl (C=O) groups is 1. The number of hydrogen-bond acceptors (Lipinski definition) is 3. The van der Waals surface area contributed by atoms with Crippen LogP contribution in [-0.4, -0.2) is 27.0 Å². The van der Waals surface area contributed by atoms with Gasteiger partial charge in [0.15, 0.2) is 0 Å². The lowest BCUT2D eigenvalue weighted by Gasteiger charge is -2.12. The highest BCUT2D eigenvalue weighted by molar-refractivity contribution is 5.85. The number of aromatic nitrogens is 1. The topological polar surface area (TPSA) is 96.2 Å². The second-order valence-electron chi connectivity index (χ2n) is 4.15. The van der Waals surface area contributed by atoms with E-state index in [0.29, 0.717) is 5.56 Å². The third kappa shape index (κ3) is 1.92. The summed E-state index contributed by atoms with van der Waals surface area (Å²) in [5.74, 6) is -2.12. The molecule has 0 aliphatic heterocycles.